The molecule has 0 bridgehead atoms. The van der Waals surface area contributed by atoms with Gasteiger partial charge in [-0.05, 0) is 50.8 Å². The molecule has 0 radical (unpaired) electrons. The van der Waals surface area contributed by atoms with Crippen LogP contribution in [0.4, 0.5) is 5.69 Å². The Hall–Kier alpha value is -1.84. The summed E-state index contributed by atoms with van der Waals surface area (Å²) >= 11 is 0. The zero-order valence-electron chi connectivity index (χ0n) is 14.3. The highest BCUT2D eigenvalue weighted by Crippen LogP contribution is 2.30. The second-order valence-electron chi connectivity index (χ2n) is 6.97. The van der Waals surface area contributed by atoms with Gasteiger partial charge in [-0.25, -0.2) is 0 Å². The zero-order valence-corrected chi connectivity index (χ0v) is 14.3. The van der Waals surface area contributed by atoms with E-state index in [0.29, 0.717) is 13.1 Å². The lowest BCUT2D eigenvalue weighted by Gasteiger charge is -2.40. The van der Waals surface area contributed by atoms with Crippen molar-refractivity contribution < 1.29 is 9.59 Å². The summed E-state index contributed by atoms with van der Waals surface area (Å²) in [5.41, 5.74) is 3.23. The molecule has 2 aliphatic rings. The van der Waals surface area contributed by atoms with Gasteiger partial charge in [0.15, 0.2) is 0 Å². The van der Waals surface area contributed by atoms with Gasteiger partial charge in [0.25, 0.3) is 0 Å². The quantitative estimate of drug-likeness (QED) is 0.842. The topological polar surface area (TPSA) is 40.6 Å². The number of hydrogen-bond acceptors (Lipinski definition) is 2. The Kier molecular flexibility index (Phi) is 4.42. The maximum atomic E-state index is 12.9. The first kappa shape index (κ1) is 16.0. The van der Waals surface area contributed by atoms with Crippen molar-refractivity contribution >= 4 is 17.5 Å². The summed E-state index contributed by atoms with van der Waals surface area (Å²) in [4.78, 5) is 29.2. The fourth-order valence-electron chi connectivity index (χ4n) is 3.83. The largest absolute Gasteiger partial charge is 0.329 e. The average Bonchev–Trinajstić information content (AvgIpc) is 3.06. The van der Waals surface area contributed by atoms with Crippen LogP contribution in [0.1, 0.15) is 43.7 Å². The molecule has 4 heteroatoms. The van der Waals surface area contributed by atoms with Crippen molar-refractivity contribution in [3.8, 4) is 0 Å². The summed E-state index contributed by atoms with van der Waals surface area (Å²) in [6.45, 7) is 7.16. The maximum absolute atomic E-state index is 12.9. The van der Waals surface area contributed by atoms with Gasteiger partial charge in [-0.1, -0.05) is 25.0 Å². The van der Waals surface area contributed by atoms with Crippen molar-refractivity contribution in [2.75, 3.05) is 18.0 Å². The van der Waals surface area contributed by atoms with Gasteiger partial charge in [0, 0.05) is 24.7 Å². The summed E-state index contributed by atoms with van der Waals surface area (Å²) in [5, 5.41) is 0. The number of carbonyl (C=O) groups excluding carboxylic acids is 2. The van der Waals surface area contributed by atoms with Crippen LogP contribution in [-0.2, 0) is 9.59 Å². The molecule has 0 spiro atoms. The Bertz CT molecular complexity index is 620. The van der Waals surface area contributed by atoms with E-state index in [2.05, 4.69) is 18.2 Å². The number of carbonyl (C=O) groups is 2. The zero-order chi connectivity index (χ0) is 16.6. The van der Waals surface area contributed by atoms with Crippen LogP contribution in [0.25, 0.3) is 0 Å². The minimum Gasteiger partial charge on any atom is -0.329 e. The van der Waals surface area contributed by atoms with Crippen molar-refractivity contribution in [3.05, 3.63) is 29.3 Å². The lowest BCUT2D eigenvalue weighted by atomic mass is 10.0. The molecule has 3 rings (SSSR count). The van der Waals surface area contributed by atoms with Gasteiger partial charge in [-0.3, -0.25) is 9.59 Å². The van der Waals surface area contributed by atoms with Crippen molar-refractivity contribution in [1.82, 2.24) is 4.90 Å². The van der Waals surface area contributed by atoms with E-state index < -0.39 is 0 Å². The molecule has 23 heavy (non-hydrogen) atoms. The number of anilines is 1. The van der Waals surface area contributed by atoms with E-state index >= 15 is 0 Å². The molecule has 1 saturated carbocycles. The monoisotopic (exact) mass is 314 g/mol. The predicted molar refractivity (Wildman–Crippen MR) is 91.4 cm³/mol. The Morgan fingerprint density at radius 2 is 1.83 bits per heavy atom. The molecule has 124 valence electrons. The second-order valence-corrected chi connectivity index (χ2v) is 6.97. The van der Waals surface area contributed by atoms with Crippen LogP contribution >= 0.6 is 0 Å². The third-order valence-electron chi connectivity index (χ3n) is 5.30. The Morgan fingerprint density at radius 3 is 2.52 bits per heavy atom. The van der Waals surface area contributed by atoms with Gasteiger partial charge in [-0.15, -0.1) is 0 Å². The van der Waals surface area contributed by atoms with Crippen molar-refractivity contribution in [3.63, 3.8) is 0 Å². The first-order valence-corrected chi connectivity index (χ1v) is 8.68. The minimum absolute atomic E-state index is 0.0382. The van der Waals surface area contributed by atoms with Gasteiger partial charge in [0.05, 0.1) is 0 Å². The van der Waals surface area contributed by atoms with Crippen LogP contribution in [0.5, 0.6) is 0 Å². The number of nitrogens with zero attached hydrogens (tertiary/aromatic N) is 2. The van der Waals surface area contributed by atoms with E-state index in [-0.39, 0.29) is 23.8 Å². The maximum Gasteiger partial charge on any atom is 0.249 e. The molecule has 1 atom stereocenters. The van der Waals surface area contributed by atoms with E-state index in [9.17, 15) is 9.59 Å². The highest BCUT2D eigenvalue weighted by Gasteiger charge is 2.38. The summed E-state index contributed by atoms with van der Waals surface area (Å²) in [5.74, 6) is 0.359. The van der Waals surface area contributed by atoms with Crippen LogP contribution in [0.15, 0.2) is 18.2 Å². The number of aryl methyl sites for hydroxylation is 2. The highest BCUT2D eigenvalue weighted by atomic mass is 16.2. The van der Waals surface area contributed by atoms with Crippen LogP contribution in [0.3, 0.4) is 0 Å². The van der Waals surface area contributed by atoms with E-state index in [0.717, 1.165) is 42.5 Å². The fourth-order valence-corrected chi connectivity index (χ4v) is 3.83. The lowest BCUT2D eigenvalue weighted by molar-refractivity contribution is -0.143. The summed E-state index contributed by atoms with van der Waals surface area (Å²) < 4.78 is 0. The summed E-state index contributed by atoms with van der Waals surface area (Å²) in [6.07, 6.45) is 4.25. The first-order chi connectivity index (χ1) is 11.0. The summed E-state index contributed by atoms with van der Waals surface area (Å²) in [6, 6.07) is 5.82. The molecule has 2 fully saturated rings. The Morgan fingerprint density at radius 1 is 1.13 bits per heavy atom. The number of piperazine rings is 1. The normalized spacial score (nSPS) is 22.7. The third-order valence-corrected chi connectivity index (χ3v) is 5.30. The molecule has 1 unspecified atom stereocenters. The molecule has 1 heterocycles. The SMILES string of the molecule is Cc1ccc(C)c(N2CCN(C(=O)C3CCCC3)C(C)C2=O)c1. The van der Waals surface area contributed by atoms with Gasteiger partial charge >= 0.3 is 0 Å². The molecular formula is C19H26N2O2. The van der Waals surface area contributed by atoms with Crippen LogP contribution in [-0.4, -0.2) is 35.8 Å². The van der Waals surface area contributed by atoms with Gasteiger partial charge < -0.3 is 9.80 Å². The molecule has 4 nitrogen and oxygen atoms in total. The van der Waals surface area contributed by atoms with Crippen molar-refractivity contribution in [2.45, 2.75) is 52.5 Å². The third kappa shape index (κ3) is 2.99. The van der Waals surface area contributed by atoms with Crippen LogP contribution in [0, 0.1) is 19.8 Å². The average molecular weight is 314 g/mol. The van der Waals surface area contributed by atoms with E-state index in [4.69, 9.17) is 0 Å². The molecular weight excluding hydrogens is 288 g/mol. The van der Waals surface area contributed by atoms with E-state index in [1.165, 1.54) is 0 Å². The van der Waals surface area contributed by atoms with E-state index in [1.54, 1.807) is 4.90 Å². The minimum atomic E-state index is -0.364. The molecule has 1 aromatic carbocycles. The number of rotatable bonds is 2. The predicted octanol–water partition coefficient (Wildman–Crippen LogP) is 3.06. The second kappa shape index (κ2) is 6.34. The molecule has 0 N–H and O–H groups in total. The van der Waals surface area contributed by atoms with Gasteiger partial charge in [0.2, 0.25) is 11.8 Å². The molecule has 2 amide bonds. The lowest BCUT2D eigenvalue weighted by Crippen LogP contribution is -2.58. The first-order valence-electron chi connectivity index (χ1n) is 8.68. The summed E-state index contributed by atoms with van der Waals surface area (Å²) in [7, 11) is 0. The standard InChI is InChI=1S/C19H26N2O2/c1-13-8-9-14(2)17(12-13)21-11-10-20(15(3)18(21)22)19(23)16-6-4-5-7-16/h8-9,12,15-16H,4-7,10-11H2,1-3H3. The molecule has 0 aromatic heterocycles. The van der Waals surface area contributed by atoms with Gasteiger partial charge in [-0.2, -0.15) is 0 Å². The molecule has 1 aliphatic carbocycles. The highest BCUT2D eigenvalue weighted by molar-refractivity contribution is 6.01. The van der Waals surface area contributed by atoms with Crippen molar-refractivity contribution in [2.24, 2.45) is 5.92 Å². The number of benzene rings is 1. The van der Waals surface area contributed by atoms with Crippen molar-refractivity contribution in [1.29, 1.82) is 0 Å². The smallest absolute Gasteiger partial charge is 0.249 e. The molecule has 1 saturated heterocycles. The van der Waals surface area contributed by atoms with Crippen LogP contribution in [0.2, 0.25) is 0 Å². The fraction of sp³-hybridized carbons (Fsp3) is 0.579. The molecule has 1 aromatic rings. The van der Waals surface area contributed by atoms with E-state index in [1.807, 2.05) is 25.7 Å². The Balaban J connectivity index is 1.78. The number of amides is 2. The Labute approximate surface area is 138 Å². The number of hydrogen-bond donors (Lipinski definition) is 0. The molecule has 1 aliphatic heterocycles. The van der Waals surface area contributed by atoms with Gasteiger partial charge in [0.1, 0.15) is 6.04 Å². The van der Waals surface area contributed by atoms with Crippen LogP contribution < -0.4 is 4.90 Å².